The van der Waals surface area contributed by atoms with Crippen molar-refractivity contribution in [1.29, 1.82) is 0 Å². The molecule has 0 saturated carbocycles. The summed E-state index contributed by atoms with van der Waals surface area (Å²) in [5.74, 6) is 1.93. The van der Waals surface area contributed by atoms with Crippen LogP contribution in [0.5, 0.6) is 0 Å². The summed E-state index contributed by atoms with van der Waals surface area (Å²) in [6.07, 6.45) is 4.42. The van der Waals surface area contributed by atoms with Crippen LogP contribution in [-0.4, -0.2) is 30.6 Å². The number of para-hydroxylation sites is 2. The molecule has 7 aromatic carbocycles. The van der Waals surface area contributed by atoms with Crippen molar-refractivity contribution in [2.45, 2.75) is 0 Å². The van der Waals surface area contributed by atoms with Crippen LogP contribution in [0.15, 0.2) is 182 Å². The summed E-state index contributed by atoms with van der Waals surface area (Å²) < 4.78 is 4.74. The first-order valence-corrected chi connectivity index (χ1v) is 18.9. The Hall–Kier alpha value is -7.57. The van der Waals surface area contributed by atoms with E-state index in [0.717, 1.165) is 57.1 Å². The van der Waals surface area contributed by atoms with Crippen molar-refractivity contribution in [3.8, 4) is 56.7 Å². The topological polar surface area (TPSA) is 60.6 Å². The summed E-state index contributed by atoms with van der Waals surface area (Å²) in [5, 5.41) is 7.35. The van der Waals surface area contributed by atoms with E-state index in [1.807, 2.05) is 60.7 Å². The van der Waals surface area contributed by atoms with Gasteiger partial charge in [-0.1, -0.05) is 127 Å². The van der Waals surface area contributed by atoms with Gasteiger partial charge in [-0.05, 0) is 71.8 Å². The summed E-state index contributed by atoms with van der Waals surface area (Å²) >= 11 is 0. The minimum Gasteiger partial charge on any atom is -0.379 e. The monoisotopic (exact) mass is 718 g/mol. The maximum Gasteiger partial charge on any atom is 0.164 e. The van der Waals surface area contributed by atoms with E-state index < -0.39 is 0 Å². The second kappa shape index (κ2) is 13.1. The summed E-state index contributed by atoms with van der Waals surface area (Å²) in [4.78, 5) is 14.8. The molecule has 1 N–H and O–H groups in total. The highest BCUT2D eigenvalue weighted by atomic mass is 15.1. The molecule has 0 atom stereocenters. The third-order valence-corrected chi connectivity index (χ3v) is 10.8. The molecule has 6 nitrogen and oxygen atoms in total. The predicted molar refractivity (Wildman–Crippen MR) is 230 cm³/mol. The minimum atomic E-state index is 0.635. The molecule has 56 heavy (non-hydrogen) atoms. The van der Waals surface area contributed by atoms with Crippen molar-refractivity contribution in [1.82, 2.24) is 24.1 Å². The van der Waals surface area contributed by atoms with Gasteiger partial charge in [0.15, 0.2) is 17.5 Å². The van der Waals surface area contributed by atoms with Crippen LogP contribution < -0.4 is 5.32 Å². The smallest absolute Gasteiger partial charge is 0.164 e. The standard InChI is InChI=1S/C50H34N6/c1-4-13-33(14-5-1)48-52-49(34-15-6-2-7-16-34)54-50(53-48)35-22-26-39(27-23-35)56-44-21-12-30-51-47(44)42-29-25-37(32-46(42)56)36-24-28-41-40-19-10-11-20-43(40)55(45(41)31-36)38-17-8-3-9-18-38/h1-29,31-32,51H,30H2. The van der Waals surface area contributed by atoms with E-state index >= 15 is 0 Å². The fourth-order valence-corrected chi connectivity index (χ4v) is 8.14. The first kappa shape index (κ1) is 31.9. The van der Waals surface area contributed by atoms with Crippen molar-refractivity contribution in [2.24, 2.45) is 0 Å². The summed E-state index contributed by atoms with van der Waals surface area (Å²) in [7, 11) is 0. The van der Waals surface area contributed by atoms with Crippen LogP contribution in [0.2, 0.25) is 0 Å². The number of rotatable bonds is 6. The lowest BCUT2D eigenvalue weighted by Crippen LogP contribution is -2.06. The summed E-state index contributed by atoms with van der Waals surface area (Å²) in [5.41, 5.74) is 13.2. The van der Waals surface area contributed by atoms with Gasteiger partial charge in [-0.15, -0.1) is 0 Å². The zero-order chi connectivity index (χ0) is 37.0. The number of nitrogens with zero attached hydrogens (tertiary/aromatic N) is 5. The predicted octanol–water partition coefficient (Wildman–Crippen LogP) is 12.0. The SMILES string of the molecule is C1=Cc2c(c3ccc(-c4ccc5c6ccccc6n(-c6ccccc6)c5c4)cc3n2-c2ccc(-c3nc(-c4ccccc4)nc(-c4ccccc4)n3)cc2)NC1. The van der Waals surface area contributed by atoms with Gasteiger partial charge in [0.25, 0.3) is 0 Å². The highest BCUT2D eigenvalue weighted by Crippen LogP contribution is 2.40. The van der Waals surface area contributed by atoms with Gasteiger partial charge < -0.3 is 14.5 Å². The summed E-state index contributed by atoms with van der Waals surface area (Å²) in [6, 6.07) is 61.8. The second-order valence-electron chi connectivity index (χ2n) is 14.1. The average Bonchev–Trinajstić information content (AvgIpc) is 3.79. The van der Waals surface area contributed by atoms with E-state index in [4.69, 9.17) is 15.0 Å². The van der Waals surface area contributed by atoms with Crippen LogP contribution in [0.25, 0.3) is 95.5 Å². The fraction of sp³-hybridized carbons (Fsp3) is 0.0200. The van der Waals surface area contributed by atoms with E-state index in [9.17, 15) is 0 Å². The normalized spacial score (nSPS) is 12.3. The molecule has 0 bridgehead atoms. The van der Waals surface area contributed by atoms with Crippen molar-refractivity contribution in [2.75, 3.05) is 11.9 Å². The molecule has 0 spiro atoms. The molecule has 264 valence electrons. The molecule has 0 radical (unpaired) electrons. The molecule has 0 fully saturated rings. The van der Waals surface area contributed by atoms with Crippen LogP contribution >= 0.6 is 0 Å². The van der Waals surface area contributed by atoms with Crippen molar-refractivity contribution < 1.29 is 0 Å². The Kier molecular flexibility index (Phi) is 7.45. The number of anilines is 1. The first-order chi connectivity index (χ1) is 27.8. The number of nitrogens with one attached hydrogen (secondary N) is 1. The van der Waals surface area contributed by atoms with Crippen LogP contribution in [0, 0.1) is 0 Å². The van der Waals surface area contributed by atoms with Gasteiger partial charge in [0.05, 0.1) is 27.9 Å². The van der Waals surface area contributed by atoms with Gasteiger partial charge in [-0.25, -0.2) is 15.0 Å². The van der Waals surface area contributed by atoms with E-state index in [-0.39, 0.29) is 0 Å². The number of benzene rings is 7. The minimum absolute atomic E-state index is 0.635. The Bertz CT molecular complexity index is 3050. The van der Waals surface area contributed by atoms with E-state index in [0.29, 0.717) is 17.5 Å². The highest BCUT2D eigenvalue weighted by Gasteiger charge is 2.21. The molecule has 3 aromatic heterocycles. The molecule has 1 aliphatic heterocycles. The van der Waals surface area contributed by atoms with Gasteiger partial charge in [0, 0.05) is 50.8 Å². The van der Waals surface area contributed by atoms with Crippen molar-refractivity contribution >= 4 is 44.5 Å². The highest BCUT2D eigenvalue weighted by molar-refractivity contribution is 6.10. The Labute approximate surface area is 323 Å². The number of hydrogen-bond donors (Lipinski definition) is 1. The Morgan fingerprint density at radius 2 is 0.875 bits per heavy atom. The largest absolute Gasteiger partial charge is 0.379 e. The Morgan fingerprint density at radius 3 is 1.52 bits per heavy atom. The molecular weight excluding hydrogens is 685 g/mol. The lowest BCUT2D eigenvalue weighted by molar-refractivity contribution is 1.07. The van der Waals surface area contributed by atoms with Crippen LogP contribution in [0.1, 0.15) is 5.69 Å². The van der Waals surface area contributed by atoms with Gasteiger partial charge in [-0.2, -0.15) is 0 Å². The molecule has 0 unspecified atom stereocenters. The van der Waals surface area contributed by atoms with Gasteiger partial charge in [-0.3, -0.25) is 0 Å². The van der Waals surface area contributed by atoms with E-state index in [1.54, 1.807) is 0 Å². The zero-order valence-corrected chi connectivity index (χ0v) is 30.3. The van der Waals surface area contributed by atoms with Crippen LogP contribution in [0.3, 0.4) is 0 Å². The lowest BCUT2D eigenvalue weighted by Gasteiger charge is -2.14. The number of fused-ring (bicyclic) bond motifs is 6. The van der Waals surface area contributed by atoms with Gasteiger partial charge >= 0.3 is 0 Å². The fourth-order valence-electron chi connectivity index (χ4n) is 8.14. The van der Waals surface area contributed by atoms with Crippen LogP contribution in [-0.2, 0) is 0 Å². The van der Waals surface area contributed by atoms with Crippen molar-refractivity contribution in [3.63, 3.8) is 0 Å². The van der Waals surface area contributed by atoms with Gasteiger partial charge in [0.1, 0.15) is 0 Å². The molecule has 0 saturated heterocycles. The van der Waals surface area contributed by atoms with Crippen molar-refractivity contribution in [3.05, 3.63) is 188 Å². The molecule has 11 rings (SSSR count). The average molecular weight is 719 g/mol. The number of hydrogen-bond acceptors (Lipinski definition) is 4. The third-order valence-electron chi connectivity index (χ3n) is 10.8. The molecule has 4 heterocycles. The molecule has 0 aliphatic carbocycles. The van der Waals surface area contributed by atoms with Crippen LogP contribution in [0.4, 0.5) is 5.69 Å². The maximum absolute atomic E-state index is 4.97. The third kappa shape index (κ3) is 5.30. The number of aromatic nitrogens is 5. The van der Waals surface area contributed by atoms with E-state index in [1.165, 1.54) is 32.8 Å². The molecule has 1 aliphatic rings. The molecule has 10 aromatic rings. The molecule has 6 heteroatoms. The maximum atomic E-state index is 4.97. The first-order valence-electron chi connectivity index (χ1n) is 18.9. The Morgan fingerprint density at radius 1 is 0.393 bits per heavy atom. The lowest BCUT2D eigenvalue weighted by atomic mass is 10.0. The molecular formula is C50H34N6. The molecule has 0 amide bonds. The van der Waals surface area contributed by atoms with E-state index in [2.05, 4.69) is 142 Å². The Balaban J connectivity index is 1.04. The second-order valence-corrected chi connectivity index (χ2v) is 14.1. The summed E-state index contributed by atoms with van der Waals surface area (Å²) in [6.45, 7) is 0.792. The zero-order valence-electron chi connectivity index (χ0n) is 30.3. The quantitative estimate of drug-likeness (QED) is 0.186. The van der Waals surface area contributed by atoms with Gasteiger partial charge in [0.2, 0.25) is 0 Å².